The van der Waals surface area contributed by atoms with Crippen LogP contribution in [0.2, 0.25) is 0 Å². The van der Waals surface area contributed by atoms with Crippen LogP contribution in [-0.4, -0.2) is 48.4 Å². The molecule has 0 spiro atoms. The minimum absolute atomic E-state index is 0.226. The van der Waals surface area contributed by atoms with E-state index < -0.39 is 5.97 Å². The highest BCUT2D eigenvalue weighted by Gasteiger charge is 2.13. The molecule has 2 amide bonds. The molecule has 1 saturated heterocycles. The zero-order valence-corrected chi connectivity index (χ0v) is 11.2. The van der Waals surface area contributed by atoms with Gasteiger partial charge in [0.1, 0.15) is 0 Å². The molecule has 1 aromatic carbocycles. The van der Waals surface area contributed by atoms with Crippen molar-refractivity contribution in [1.29, 1.82) is 0 Å². The van der Waals surface area contributed by atoms with E-state index in [0.29, 0.717) is 37.6 Å². The molecule has 0 radical (unpaired) electrons. The third-order valence-electron chi connectivity index (χ3n) is 2.99. The molecule has 3 N–H and O–H groups in total. The van der Waals surface area contributed by atoms with Gasteiger partial charge < -0.3 is 15.2 Å². The van der Waals surface area contributed by atoms with E-state index in [0.717, 1.165) is 0 Å². The van der Waals surface area contributed by atoms with Crippen LogP contribution in [0.3, 0.4) is 0 Å². The van der Waals surface area contributed by atoms with Crippen LogP contribution < -0.4 is 10.7 Å². The number of hydrogen-bond acceptors (Lipinski definition) is 4. The maximum Gasteiger partial charge on any atom is 0.335 e. The molecule has 0 atom stereocenters. The molecule has 0 aromatic heterocycles. The van der Waals surface area contributed by atoms with Gasteiger partial charge in [0.05, 0.1) is 18.8 Å². The van der Waals surface area contributed by atoms with Crippen molar-refractivity contribution >= 4 is 17.7 Å². The molecular formula is C13H17N3O4. The second kappa shape index (κ2) is 6.36. The summed E-state index contributed by atoms with van der Waals surface area (Å²) in [4.78, 5) is 22.7. The highest BCUT2D eigenvalue weighted by atomic mass is 16.5. The lowest BCUT2D eigenvalue weighted by Gasteiger charge is -2.26. The van der Waals surface area contributed by atoms with Crippen LogP contribution in [0.4, 0.5) is 10.5 Å². The number of anilines is 1. The Morgan fingerprint density at radius 2 is 2.00 bits per heavy atom. The van der Waals surface area contributed by atoms with Gasteiger partial charge in [-0.3, -0.25) is 5.43 Å². The second-order valence-electron chi connectivity index (χ2n) is 4.50. The minimum Gasteiger partial charge on any atom is -0.478 e. The van der Waals surface area contributed by atoms with E-state index >= 15 is 0 Å². The van der Waals surface area contributed by atoms with Gasteiger partial charge >= 0.3 is 12.0 Å². The number of morpholine rings is 1. The third kappa shape index (κ3) is 3.69. The zero-order chi connectivity index (χ0) is 14.5. The van der Waals surface area contributed by atoms with Gasteiger partial charge in [0.25, 0.3) is 0 Å². The van der Waals surface area contributed by atoms with E-state index in [1.807, 2.05) is 0 Å². The van der Waals surface area contributed by atoms with Crippen molar-refractivity contribution in [2.24, 2.45) is 0 Å². The van der Waals surface area contributed by atoms with Crippen LogP contribution in [0.15, 0.2) is 18.2 Å². The van der Waals surface area contributed by atoms with Crippen molar-refractivity contribution in [3.63, 3.8) is 0 Å². The number of aromatic carboxylic acids is 1. The lowest BCUT2D eigenvalue weighted by atomic mass is 10.1. The predicted octanol–water partition coefficient (Wildman–Crippen LogP) is 1.06. The number of carbonyl (C=O) groups is 2. The SMILES string of the molecule is Cc1cc(NC(=O)NN2CCOCC2)ccc1C(=O)O. The topological polar surface area (TPSA) is 90.9 Å². The first-order valence-corrected chi connectivity index (χ1v) is 6.30. The number of aryl methyl sites for hydroxylation is 1. The summed E-state index contributed by atoms with van der Waals surface area (Å²) in [6.45, 7) is 4.16. The van der Waals surface area contributed by atoms with E-state index in [-0.39, 0.29) is 11.6 Å². The fourth-order valence-electron chi connectivity index (χ4n) is 1.96. The Morgan fingerprint density at radius 3 is 2.60 bits per heavy atom. The van der Waals surface area contributed by atoms with E-state index in [9.17, 15) is 9.59 Å². The highest BCUT2D eigenvalue weighted by Crippen LogP contribution is 2.15. The molecule has 7 nitrogen and oxygen atoms in total. The Hall–Kier alpha value is -2.12. The number of ether oxygens (including phenoxy) is 1. The van der Waals surface area contributed by atoms with Gasteiger partial charge in [-0.05, 0) is 30.7 Å². The Morgan fingerprint density at radius 1 is 1.30 bits per heavy atom. The van der Waals surface area contributed by atoms with E-state index in [4.69, 9.17) is 9.84 Å². The number of carboxylic acids is 1. The standard InChI is InChI=1S/C13H17N3O4/c1-9-8-10(2-3-11(9)12(17)18)14-13(19)15-16-4-6-20-7-5-16/h2-3,8H,4-7H2,1H3,(H,17,18)(H2,14,15,19). The maximum atomic E-state index is 11.8. The molecule has 1 aromatic rings. The number of benzene rings is 1. The molecule has 1 aliphatic heterocycles. The summed E-state index contributed by atoms with van der Waals surface area (Å²) < 4.78 is 5.18. The largest absolute Gasteiger partial charge is 0.478 e. The minimum atomic E-state index is -0.980. The monoisotopic (exact) mass is 279 g/mol. The maximum absolute atomic E-state index is 11.8. The normalized spacial score (nSPS) is 15.7. The van der Waals surface area contributed by atoms with Crippen molar-refractivity contribution in [3.8, 4) is 0 Å². The first kappa shape index (κ1) is 14.3. The van der Waals surface area contributed by atoms with Crippen LogP contribution in [0.1, 0.15) is 15.9 Å². The summed E-state index contributed by atoms with van der Waals surface area (Å²) in [6.07, 6.45) is 0. The number of nitrogens with zero attached hydrogens (tertiary/aromatic N) is 1. The second-order valence-corrected chi connectivity index (χ2v) is 4.50. The summed E-state index contributed by atoms with van der Waals surface area (Å²) in [5, 5.41) is 13.4. The van der Waals surface area contributed by atoms with Crippen molar-refractivity contribution in [2.75, 3.05) is 31.6 Å². The van der Waals surface area contributed by atoms with Gasteiger partial charge in [0.2, 0.25) is 0 Å². The number of hydrogen-bond donors (Lipinski definition) is 3. The molecule has 7 heteroatoms. The van der Waals surface area contributed by atoms with Crippen molar-refractivity contribution in [3.05, 3.63) is 29.3 Å². The number of rotatable bonds is 3. The Kier molecular flexibility index (Phi) is 4.54. The van der Waals surface area contributed by atoms with Gasteiger partial charge in [-0.25, -0.2) is 14.6 Å². The van der Waals surface area contributed by atoms with E-state index in [1.165, 1.54) is 6.07 Å². The number of urea groups is 1. The Balaban J connectivity index is 1.93. The Bertz CT molecular complexity index is 512. The third-order valence-corrected chi connectivity index (χ3v) is 2.99. The number of carbonyl (C=O) groups excluding carboxylic acids is 1. The summed E-state index contributed by atoms with van der Waals surface area (Å²) in [5.74, 6) is -0.980. The molecule has 108 valence electrons. The molecule has 0 unspecified atom stereocenters. The number of hydrazine groups is 1. The summed E-state index contributed by atoms with van der Waals surface area (Å²) in [7, 11) is 0. The lowest BCUT2D eigenvalue weighted by molar-refractivity contribution is 0.0207. The van der Waals surface area contributed by atoms with Gasteiger partial charge in [0, 0.05) is 18.8 Å². The number of amides is 2. The van der Waals surface area contributed by atoms with Crippen molar-refractivity contribution in [2.45, 2.75) is 6.92 Å². The van der Waals surface area contributed by atoms with Gasteiger partial charge in [-0.1, -0.05) is 0 Å². The lowest BCUT2D eigenvalue weighted by Crippen LogP contribution is -2.49. The fourth-order valence-corrected chi connectivity index (χ4v) is 1.96. The smallest absolute Gasteiger partial charge is 0.335 e. The fraction of sp³-hybridized carbons (Fsp3) is 0.385. The van der Waals surface area contributed by atoms with Crippen LogP contribution in [0, 0.1) is 6.92 Å². The first-order chi connectivity index (χ1) is 9.56. The van der Waals surface area contributed by atoms with Crippen LogP contribution in [0.5, 0.6) is 0 Å². The first-order valence-electron chi connectivity index (χ1n) is 6.30. The number of carboxylic acid groups (broad SMARTS) is 1. The summed E-state index contributed by atoms with van der Waals surface area (Å²) >= 11 is 0. The molecule has 0 aliphatic carbocycles. The van der Waals surface area contributed by atoms with Gasteiger partial charge in [-0.2, -0.15) is 0 Å². The summed E-state index contributed by atoms with van der Waals surface area (Å²) in [5.41, 5.74) is 4.09. The molecule has 2 rings (SSSR count). The molecule has 0 bridgehead atoms. The average Bonchev–Trinajstić information content (AvgIpc) is 2.39. The molecular weight excluding hydrogens is 262 g/mol. The molecule has 1 heterocycles. The summed E-state index contributed by atoms with van der Waals surface area (Å²) in [6, 6.07) is 4.31. The van der Waals surface area contributed by atoms with Crippen molar-refractivity contribution in [1.82, 2.24) is 10.4 Å². The quantitative estimate of drug-likeness (QED) is 0.769. The highest BCUT2D eigenvalue weighted by molar-refractivity contribution is 5.92. The molecule has 1 aliphatic rings. The van der Waals surface area contributed by atoms with E-state index in [2.05, 4.69) is 10.7 Å². The van der Waals surface area contributed by atoms with Gasteiger partial charge in [-0.15, -0.1) is 0 Å². The zero-order valence-electron chi connectivity index (χ0n) is 11.2. The van der Waals surface area contributed by atoms with Crippen LogP contribution in [0.25, 0.3) is 0 Å². The van der Waals surface area contributed by atoms with E-state index in [1.54, 1.807) is 24.1 Å². The molecule has 20 heavy (non-hydrogen) atoms. The molecule has 0 saturated carbocycles. The van der Waals surface area contributed by atoms with Crippen LogP contribution >= 0.6 is 0 Å². The van der Waals surface area contributed by atoms with Gasteiger partial charge in [0.15, 0.2) is 0 Å². The number of nitrogens with one attached hydrogen (secondary N) is 2. The average molecular weight is 279 g/mol. The Labute approximate surface area is 116 Å². The van der Waals surface area contributed by atoms with Crippen molar-refractivity contribution < 1.29 is 19.4 Å². The molecule has 1 fully saturated rings. The van der Waals surface area contributed by atoms with Crippen LogP contribution in [-0.2, 0) is 4.74 Å². The predicted molar refractivity (Wildman–Crippen MR) is 72.7 cm³/mol.